The van der Waals surface area contributed by atoms with Crippen molar-refractivity contribution >= 4 is 33.2 Å². The topological polar surface area (TPSA) is 86.8 Å². The van der Waals surface area contributed by atoms with E-state index in [1.54, 1.807) is 0 Å². The van der Waals surface area contributed by atoms with E-state index in [1.807, 2.05) is 23.1 Å². The van der Waals surface area contributed by atoms with Gasteiger partial charge in [-0.05, 0) is 55.4 Å². The Labute approximate surface area is 173 Å². The molecule has 0 aliphatic carbocycles. The summed E-state index contributed by atoms with van der Waals surface area (Å²) >= 11 is 0. The maximum absolute atomic E-state index is 12.6. The number of piperidine rings is 1. The summed E-state index contributed by atoms with van der Waals surface area (Å²) < 4.78 is 24.7. The van der Waals surface area contributed by atoms with Gasteiger partial charge in [0, 0.05) is 43.3 Å². The van der Waals surface area contributed by atoms with Crippen LogP contribution in [0.1, 0.15) is 45.1 Å². The normalized spacial score (nSPS) is 18.8. The van der Waals surface area contributed by atoms with Crippen molar-refractivity contribution < 1.29 is 18.0 Å². The highest BCUT2D eigenvalue weighted by molar-refractivity contribution is 7.88. The number of hydrogen-bond donors (Lipinski definition) is 1. The van der Waals surface area contributed by atoms with E-state index in [4.69, 9.17) is 0 Å². The molecule has 2 amide bonds. The van der Waals surface area contributed by atoms with Crippen LogP contribution < -0.4 is 10.2 Å². The Hall–Kier alpha value is -1.93. The number of benzene rings is 1. The molecule has 0 bridgehead atoms. The van der Waals surface area contributed by atoms with Gasteiger partial charge in [-0.15, -0.1) is 0 Å². The summed E-state index contributed by atoms with van der Waals surface area (Å²) in [4.78, 5) is 26.9. The first kappa shape index (κ1) is 21.8. The van der Waals surface area contributed by atoms with E-state index < -0.39 is 10.0 Å². The highest BCUT2D eigenvalue weighted by atomic mass is 32.2. The molecule has 3 rings (SSSR count). The van der Waals surface area contributed by atoms with E-state index >= 15 is 0 Å². The van der Waals surface area contributed by atoms with Gasteiger partial charge in [0.05, 0.1) is 6.26 Å². The molecule has 1 saturated heterocycles. The summed E-state index contributed by atoms with van der Waals surface area (Å²) in [7, 11) is -3.19. The predicted molar refractivity (Wildman–Crippen MR) is 114 cm³/mol. The van der Waals surface area contributed by atoms with Crippen molar-refractivity contribution in [1.82, 2.24) is 4.31 Å². The second kappa shape index (κ2) is 8.83. The van der Waals surface area contributed by atoms with E-state index in [0.717, 1.165) is 23.4 Å². The van der Waals surface area contributed by atoms with E-state index in [2.05, 4.69) is 19.2 Å². The average molecular weight is 422 g/mol. The SMILES string of the molecule is CC(C)CCN1C(=O)CCc2cc(NC(=O)C3CCN(S(C)(=O)=O)CC3)ccc21. The Morgan fingerprint density at radius 1 is 1.21 bits per heavy atom. The lowest BCUT2D eigenvalue weighted by molar-refractivity contribution is -0.121. The Balaban J connectivity index is 1.64. The molecular weight excluding hydrogens is 390 g/mol. The summed E-state index contributed by atoms with van der Waals surface area (Å²) in [5, 5.41) is 2.98. The van der Waals surface area contributed by atoms with Crippen molar-refractivity contribution in [2.24, 2.45) is 11.8 Å². The fourth-order valence-corrected chi connectivity index (χ4v) is 4.84. The molecule has 2 heterocycles. The maximum atomic E-state index is 12.6. The number of anilines is 2. The zero-order valence-electron chi connectivity index (χ0n) is 17.5. The van der Waals surface area contributed by atoms with Crippen LogP contribution in [0.2, 0.25) is 0 Å². The number of carbonyl (C=O) groups is 2. The lowest BCUT2D eigenvalue weighted by atomic mass is 9.96. The number of nitrogens with zero attached hydrogens (tertiary/aromatic N) is 2. The monoisotopic (exact) mass is 421 g/mol. The third kappa shape index (κ3) is 5.36. The van der Waals surface area contributed by atoms with Gasteiger partial charge >= 0.3 is 0 Å². The molecule has 0 atom stereocenters. The lowest BCUT2D eigenvalue weighted by Crippen LogP contribution is -2.41. The van der Waals surface area contributed by atoms with E-state index in [1.165, 1.54) is 10.6 Å². The molecule has 1 fully saturated rings. The molecule has 29 heavy (non-hydrogen) atoms. The molecule has 0 saturated carbocycles. The molecule has 1 aromatic rings. The van der Waals surface area contributed by atoms with Gasteiger partial charge in [0.1, 0.15) is 0 Å². The number of sulfonamides is 1. The van der Waals surface area contributed by atoms with Crippen LogP contribution in [0.5, 0.6) is 0 Å². The van der Waals surface area contributed by atoms with Gasteiger partial charge in [-0.2, -0.15) is 0 Å². The molecule has 160 valence electrons. The minimum absolute atomic E-state index is 0.0679. The van der Waals surface area contributed by atoms with Crippen molar-refractivity contribution in [1.29, 1.82) is 0 Å². The molecule has 8 heteroatoms. The Morgan fingerprint density at radius 3 is 2.52 bits per heavy atom. The molecule has 0 unspecified atom stereocenters. The fourth-order valence-electron chi connectivity index (χ4n) is 3.96. The standard InChI is InChI=1S/C21H31N3O4S/c1-15(2)8-13-24-19-6-5-18(14-17(19)4-7-20(24)25)22-21(26)16-9-11-23(12-10-16)29(3,27)28/h5-6,14-16H,4,7-13H2,1-3H3,(H,22,26). The molecule has 2 aliphatic heterocycles. The molecule has 1 N–H and O–H groups in total. The van der Waals surface area contributed by atoms with Crippen LogP contribution in [-0.4, -0.2) is 50.4 Å². The lowest BCUT2D eigenvalue weighted by Gasteiger charge is -2.31. The third-order valence-corrected chi connectivity index (χ3v) is 7.07. The molecule has 7 nitrogen and oxygen atoms in total. The molecule has 0 spiro atoms. The Kier molecular flexibility index (Phi) is 6.63. The highest BCUT2D eigenvalue weighted by Gasteiger charge is 2.29. The first-order valence-electron chi connectivity index (χ1n) is 10.3. The molecule has 0 aromatic heterocycles. The molecule has 0 radical (unpaired) electrons. The van der Waals surface area contributed by atoms with Gasteiger partial charge in [-0.1, -0.05) is 13.8 Å². The molecule has 2 aliphatic rings. The van der Waals surface area contributed by atoms with Crippen LogP contribution in [0, 0.1) is 11.8 Å². The van der Waals surface area contributed by atoms with Crippen LogP contribution in [0.3, 0.4) is 0 Å². The highest BCUT2D eigenvalue weighted by Crippen LogP contribution is 2.31. The summed E-state index contributed by atoms with van der Waals surface area (Å²) in [5.41, 5.74) is 2.76. The van der Waals surface area contributed by atoms with Crippen molar-refractivity contribution in [3.8, 4) is 0 Å². The number of rotatable bonds is 6. The van der Waals surface area contributed by atoms with Crippen molar-refractivity contribution in [2.45, 2.75) is 46.0 Å². The number of hydrogen-bond acceptors (Lipinski definition) is 4. The van der Waals surface area contributed by atoms with Crippen LogP contribution in [0.15, 0.2) is 18.2 Å². The third-order valence-electron chi connectivity index (χ3n) is 5.77. The quantitative estimate of drug-likeness (QED) is 0.765. The minimum Gasteiger partial charge on any atom is -0.326 e. The summed E-state index contributed by atoms with van der Waals surface area (Å²) in [6.45, 7) is 5.78. The fraction of sp³-hybridized carbons (Fsp3) is 0.619. The smallest absolute Gasteiger partial charge is 0.227 e. The van der Waals surface area contributed by atoms with Gasteiger partial charge < -0.3 is 10.2 Å². The van der Waals surface area contributed by atoms with Gasteiger partial charge in [-0.3, -0.25) is 9.59 Å². The number of nitrogens with one attached hydrogen (secondary N) is 1. The maximum Gasteiger partial charge on any atom is 0.227 e. The Bertz CT molecular complexity index is 874. The van der Waals surface area contributed by atoms with Gasteiger partial charge in [-0.25, -0.2) is 12.7 Å². The number of fused-ring (bicyclic) bond motifs is 1. The summed E-state index contributed by atoms with van der Waals surface area (Å²) in [6.07, 6.45) is 4.39. The average Bonchev–Trinajstić information content (AvgIpc) is 2.66. The van der Waals surface area contributed by atoms with Crippen LogP contribution in [0.4, 0.5) is 11.4 Å². The summed E-state index contributed by atoms with van der Waals surface area (Å²) in [5.74, 6) is 0.434. The van der Waals surface area contributed by atoms with Crippen molar-refractivity contribution in [2.75, 3.05) is 36.1 Å². The predicted octanol–water partition coefficient (Wildman–Crippen LogP) is 2.62. The zero-order chi connectivity index (χ0) is 21.2. The first-order valence-corrected chi connectivity index (χ1v) is 12.2. The molecular formula is C21H31N3O4S. The van der Waals surface area contributed by atoms with Gasteiger partial charge in [0.25, 0.3) is 0 Å². The molecule has 1 aromatic carbocycles. The van der Waals surface area contributed by atoms with E-state index in [-0.39, 0.29) is 17.7 Å². The van der Waals surface area contributed by atoms with Crippen LogP contribution >= 0.6 is 0 Å². The Morgan fingerprint density at radius 2 is 1.90 bits per heavy atom. The van der Waals surface area contributed by atoms with Crippen molar-refractivity contribution in [3.63, 3.8) is 0 Å². The van der Waals surface area contributed by atoms with Crippen molar-refractivity contribution in [3.05, 3.63) is 23.8 Å². The zero-order valence-corrected chi connectivity index (χ0v) is 18.3. The largest absolute Gasteiger partial charge is 0.326 e. The van der Waals surface area contributed by atoms with Crippen LogP contribution in [0.25, 0.3) is 0 Å². The van der Waals surface area contributed by atoms with Gasteiger partial charge in [0.15, 0.2) is 0 Å². The number of aryl methyl sites for hydroxylation is 1. The first-order chi connectivity index (χ1) is 13.6. The number of amides is 2. The van der Waals surface area contributed by atoms with E-state index in [0.29, 0.717) is 51.2 Å². The number of carbonyl (C=O) groups excluding carboxylic acids is 2. The second-order valence-corrected chi connectivity index (χ2v) is 10.5. The van der Waals surface area contributed by atoms with Gasteiger partial charge in [0.2, 0.25) is 21.8 Å². The summed E-state index contributed by atoms with van der Waals surface area (Å²) in [6, 6.07) is 5.74. The van der Waals surface area contributed by atoms with Crippen LogP contribution in [-0.2, 0) is 26.0 Å². The minimum atomic E-state index is -3.19. The second-order valence-electron chi connectivity index (χ2n) is 8.50. The van der Waals surface area contributed by atoms with E-state index in [9.17, 15) is 18.0 Å².